The minimum atomic E-state index is -0.859. The summed E-state index contributed by atoms with van der Waals surface area (Å²) < 4.78 is 26.9. The van der Waals surface area contributed by atoms with E-state index in [-0.39, 0.29) is 18.0 Å². The number of hydrogen-bond donors (Lipinski definition) is 2. The van der Waals surface area contributed by atoms with Gasteiger partial charge in [0, 0.05) is 6.07 Å². The van der Waals surface area contributed by atoms with Gasteiger partial charge < -0.3 is 5.32 Å². The highest BCUT2D eigenvalue weighted by atomic mass is 19.1. The maximum atomic E-state index is 13.7. The predicted octanol–water partition coefficient (Wildman–Crippen LogP) is 2.82. The van der Waals surface area contributed by atoms with Crippen molar-refractivity contribution in [1.82, 2.24) is 5.32 Å². The van der Waals surface area contributed by atoms with Crippen LogP contribution in [0.1, 0.15) is 18.5 Å². The Labute approximate surface area is 132 Å². The molecule has 1 amide bonds. The summed E-state index contributed by atoms with van der Waals surface area (Å²) in [6, 6.07) is 10.6. The van der Waals surface area contributed by atoms with Crippen molar-refractivity contribution in [2.24, 2.45) is 0 Å². The van der Waals surface area contributed by atoms with Crippen molar-refractivity contribution in [3.63, 3.8) is 0 Å². The van der Waals surface area contributed by atoms with E-state index >= 15 is 0 Å². The van der Waals surface area contributed by atoms with Crippen molar-refractivity contribution in [1.29, 1.82) is 0 Å². The number of nitrogens with one attached hydrogen (secondary N) is 2. The van der Waals surface area contributed by atoms with Gasteiger partial charge in [0.15, 0.2) is 0 Å². The van der Waals surface area contributed by atoms with Crippen LogP contribution in [0.5, 0.6) is 0 Å². The topological polar surface area (TPSA) is 58.2 Å². The van der Waals surface area contributed by atoms with Gasteiger partial charge in [0.05, 0.1) is 12.2 Å². The Morgan fingerprint density at radius 3 is 2.43 bits per heavy atom. The zero-order valence-electron chi connectivity index (χ0n) is 12.5. The summed E-state index contributed by atoms with van der Waals surface area (Å²) in [5, 5.41) is 5.16. The van der Waals surface area contributed by atoms with E-state index in [0.717, 1.165) is 18.2 Å². The van der Waals surface area contributed by atoms with E-state index in [2.05, 4.69) is 10.6 Å². The normalized spacial score (nSPS) is 11.8. The second-order valence-electron chi connectivity index (χ2n) is 5.04. The Kier molecular flexibility index (Phi) is 5.54. The number of rotatable bonds is 6. The Balaban J connectivity index is 2.22. The lowest BCUT2D eigenvalue weighted by molar-refractivity contribution is -0.119. The zero-order valence-corrected chi connectivity index (χ0v) is 12.5. The lowest BCUT2D eigenvalue weighted by Crippen LogP contribution is -2.35. The maximum absolute atomic E-state index is 13.7. The van der Waals surface area contributed by atoms with Crippen LogP contribution < -0.4 is 10.6 Å². The summed E-state index contributed by atoms with van der Waals surface area (Å²) in [5.74, 6) is -2.12. The molecule has 6 heteroatoms. The lowest BCUT2D eigenvalue weighted by atomic mass is 10.1. The summed E-state index contributed by atoms with van der Waals surface area (Å²) in [5.41, 5.74) is 0.364. The van der Waals surface area contributed by atoms with Crippen LogP contribution in [0.3, 0.4) is 0 Å². The molecule has 0 spiro atoms. The summed E-state index contributed by atoms with van der Waals surface area (Å²) in [6.45, 7) is 1.37. The third-order valence-corrected chi connectivity index (χ3v) is 3.14. The van der Waals surface area contributed by atoms with Crippen molar-refractivity contribution in [2.75, 3.05) is 11.9 Å². The molecule has 0 aliphatic carbocycles. The number of anilines is 1. The fourth-order valence-electron chi connectivity index (χ4n) is 2.05. The number of carbonyl (C=O) groups excluding carboxylic acids is 2. The predicted molar refractivity (Wildman–Crippen MR) is 82.9 cm³/mol. The molecule has 1 atom stereocenters. The molecule has 0 saturated carbocycles. The standard InChI is InChI=1S/C17H16F2N2O2/c1-11(22)10-20-16(12-5-3-2-4-6-12)17(23)21-15-9-13(18)7-8-14(15)19/h2-9,16,20H,10H2,1H3,(H,21,23). The Morgan fingerprint density at radius 2 is 1.78 bits per heavy atom. The molecule has 0 saturated heterocycles. The van der Waals surface area contributed by atoms with Crippen molar-refractivity contribution < 1.29 is 18.4 Å². The molecule has 0 radical (unpaired) electrons. The molecule has 2 aromatic rings. The number of Topliss-reactive ketones (excluding diaryl/α,β-unsaturated/α-hetero) is 1. The SMILES string of the molecule is CC(=O)CNC(C(=O)Nc1cc(F)ccc1F)c1ccccc1. The number of ketones is 1. The first-order valence-corrected chi connectivity index (χ1v) is 7.01. The Hall–Kier alpha value is -2.60. The summed E-state index contributed by atoms with van der Waals surface area (Å²) in [6.07, 6.45) is 0. The van der Waals surface area contributed by atoms with Gasteiger partial charge in [0.2, 0.25) is 5.91 Å². The van der Waals surface area contributed by atoms with E-state index in [4.69, 9.17) is 0 Å². The summed E-state index contributed by atoms with van der Waals surface area (Å²) >= 11 is 0. The number of hydrogen-bond acceptors (Lipinski definition) is 3. The molecule has 0 bridgehead atoms. The largest absolute Gasteiger partial charge is 0.322 e. The Morgan fingerprint density at radius 1 is 1.09 bits per heavy atom. The van der Waals surface area contributed by atoms with Gasteiger partial charge in [-0.1, -0.05) is 30.3 Å². The van der Waals surface area contributed by atoms with E-state index in [1.54, 1.807) is 30.3 Å². The van der Waals surface area contributed by atoms with Crippen molar-refractivity contribution in [2.45, 2.75) is 13.0 Å². The van der Waals surface area contributed by atoms with Gasteiger partial charge in [-0.05, 0) is 24.6 Å². The third kappa shape index (κ3) is 4.69. The minimum Gasteiger partial charge on any atom is -0.322 e. The van der Waals surface area contributed by atoms with Crippen LogP contribution in [0.15, 0.2) is 48.5 Å². The second kappa shape index (κ2) is 7.60. The first-order chi connectivity index (χ1) is 11.0. The highest BCUT2D eigenvalue weighted by Crippen LogP contribution is 2.19. The van der Waals surface area contributed by atoms with Crippen LogP contribution in [-0.2, 0) is 9.59 Å². The first kappa shape index (κ1) is 16.8. The van der Waals surface area contributed by atoms with Crippen LogP contribution in [0.4, 0.5) is 14.5 Å². The molecule has 0 aromatic heterocycles. The average molecular weight is 318 g/mol. The van der Waals surface area contributed by atoms with Crippen LogP contribution in [-0.4, -0.2) is 18.2 Å². The number of amides is 1. The van der Waals surface area contributed by atoms with Gasteiger partial charge >= 0.3 is 0 Å². The van der Waals surface area contributed by atoms with Gasteiger partial charge in [0.25, 0.3) is 0 Å². The fraction of sp³-hybridized carbons (Fsp3) is 0.176. The number of halogens is 2. The van der Waals surface area contributed by atoms with E-state index in [1.165, 1.54) is 6.92 Å². The highest BCUT2D eigenvalue weighted by Gasteiger charge is 2.21. The number of benzene rings is 2. The molecule has 1 unspecified atom stereocenters. The van der Waals surface area contributed by atoms with Gasteiger partial charge in [-0.25, -0.2) is 8.78 Å². The van der Waals surface area contributed by atoms with Crippen LogP contribution in [0.2, 0.25) is 0 Å². The molecule has 4 nitrogen and oxygen atoms in total. The zero-order chi connectivity index (χ0) is 16.8. The Bertz CT molecular complexity index is 705. The second-order valence-corrected chi connectivity index (χ2v) is 5.04. The molecule has 2 aromatic carbocycles. The van der Waals surface area contributed by atoms with Gasteiger partial charge in [0.1, 0.15) is 23.5 Å². The third-order valence-electron chi connectivity index (χ3n) is 3.14. The molecule has 120 valence electrons. The quantitative estimate of drug-likeness (QED) is 0.861. The molecule has 23 heavy (non-hydrogen) atoms. The smallest absolute Gasteiger partial charge is 0.246 e. The maximum Gasteiger partial charge on any atom is 0.246 e. The first-order valence-electron chi connectivity index (χ1n) is 7.01. The molecular weight excluding hydrogens is 302 g/mol. The molecule has 0 fully saturated rings. The number of carbonyl (C=O) groups is 2. The van der Waals surface area contributed by atoms with E-state index in [0.29, 0.717) is 5.56 Å². The van der Waals surface area contributed by atoms with E-state index < -0.39 is 23.6 Å². The van der Waals surface area contributed by atoms with Crippen LogP contribution >= 0.6 is 0 Å². The fourth-order valence-corrected chi connectivity index (χ4v) is 2.05. The van der Waals surface area contributed by atoms with Crippen LogP contribution in [0, 0.1) is 11.6 Å². The van der Waals surface area contributed by atoms with Crippen molar-refractivity contribution in [3.05, 3.63) is 65.7 Å². The van der Waals surface area contributed by atoms with Crippen molar-refractivity contribution in [3.8, 4) is 0 Å². The van der Waals surface area contributed by atoms with Gasteiger partial charge in [-0.3, -0.25) is 14.9 Å². The highest BCUT2D eigenvalue weighted by molar-refractivity contribution is 5.96. The molecular formula is C17H16F2N2O2. The minimum absolute atomic E-state index is 0.0153. The monoisotopic (exact) mass is 318 g/mol. The molecule has 2 rings (SSSR count). The molecule has 0 aliphatic heterocycles. The van der Waals surface area contributed by atoms with Crippen LogP contribution in [0.25, 0.3) is 0 Å². The van der Waals surface area contributed by atoms with Gasteiger partial charge in [-0.2, -0.15) is 0 Å². The molecule has 0 aliphatic rings. The van der Waals surface area contributed by atoms with E-state index in [9.17, 15) is 18.4 Å². The average Bonchev–Trinajstić information content (AvgIpc) is 2.52. The van der Waals surface area contributed by atoms with Gasteiger partial charge in [-0.15, -0.1) is 0 Å². The summed E-state index contributed by atoms with van der Waals surface area (Å²) in [7, 11) is 0. The van der Waals surface area contributed by atoms with E-state index in [1.807, 2.05) is 0 Å². The lowest BCUT2D eigenvalue weighted by Gasteiger charge is -2.18. The molecule has 0 heterocycles. The van der Waals surface area contributed by atoms with Crippen molar-refractivity contribution >= 4 is 17.4 Å². The summed E-state index contributed by atoms with van der Waals surface area (Å²) in [4.78, 5) is 23.6. The molecule has 2 N–H and O–H groups in total.